The molecule has 1 N–H and O–H groups in total. The van der Waals surface area contributed by atoms with Gasteiger partial charge in [0.1, 0.15) is 16.4 Å². The summed E-state index contributed by atoms with van der Waals surface area (Å²) in [7, 11) is 1.93. The van der Waals surface area contributed by atoms with Crippen LogP contribution in [0.3, 0.4) is 0 Å². The average molecular weight is 368 g/mol. The van der Waals surface area contributed by atoms with E-state index in [1.165, 1.54) is 0 Å². The van der Waals surface area contributed by atoms with Gasteiger partial charge < -0.3 is 10.0 Å². The molecule has 0 bridgehead atoms. The summed E-state index contributed by atoms with van der Waals surface area (Å²) in [5, 5.41) is 12.8. The fraction of sp³-hybridized carbons (Fsp3) is 0.0526. The number of aromatic hydroxyl groups is 1. The van der Waals surface area contributed by atoms with Crippen molar-refractivity contribution in [2.75, 3.05) is 11.9 Å². The highest BCUT2D eigenvalue weighted by molar-refractivity contribution is 7.17. The quantitative estimate of drug-likeness (QED) is 0.487. The van der Waals surface area contributed by atoms with Crippen molar-refractivity contribution in [1.82, 2.24) is 9.97 Å². The minimum Gasteiger partial charge on any atom is -0.508 e. The molecule has 2 aromatic heterocycles. The predicted molar refractivity (Wildman–Crippen MR) is 104 cm³/mol. The van der Waals surface area contributed by atoms with Crippen LogP contribution < -0.4 is 4.90 Å². The van der Waals surface area contributed by atoms with Gasteiger partial charge in [0.15, 0.2) is 0 Å². The molecule has 0 atom stereocenters. The molecule has 0 unspecified atom stereocenters. The normalized spacial score (nSPS) is 11.0. The second kappa shape index (κ2) is 6.35. The molecule has 0 aliphatic rings. The topological polar surface area (TPSA) is 49.2 Å². The average Bonchev–Trinajstić information content (AvgIpc) is 3.05. The molecule has 0 amide bonds. The minimum atomic E-state index is 0.217. The van der Waals surface area contributed by atoms with E-state index in [2.05, 4.69) is 27.5 Å². The third-order valence-electron chi connectivity index (χ3n) is 4.03. The van der Waals surface area contributed by atoms with Crippen LogP contribution in [0.5, 0.6) is 5.75 Å². The van der Waals surface area contributed by atoms with Crippen molar-refractivity contribution in [1.29, 1.82) is 0 Å². The number of fused-ring (bicyclic) bond motifs is 1. The molecule has 4 aromatic rings. The van der Waals surface area contributed by atoms with E-state index in [-0.39, 0.29) is 11.0 Å². The highest BCUT2D eigenvalue weighted by Crippen LogP contribution is 2.40. The van der Waals surface area contributed by atoms with Crippen LogP contribution in [0.2, 0.25) is 5.28 Å². The summed E-state index contributed by atoms with van der Waals surface area (Å²) in [5.74, 6) is 0.962. The second-order valence-electron chi connectivity index (χ2n) is 5.59. The largest absolute Gasteiger partial charge is 0.508 e. The Hall–Kier alpha value is -2.63. The molecule has 0 aliphatic carbocycles. The predicted octanol–water partition coefficient (Wildman–Crippen LogP) is 5.49. The molecule has 6 heteroatoms. The van der Waals surface area contributed by atoms with E-state index in [1.54, 1.807) is 23.5 Å². The first-order valence-electron chi connectivity index (χ1n) is 7.66. The fourth-order valence-electron chi connectivity index (χ4n) is 2.77. The van der Waals surface area contributed by atoms with Crippen molar-refractivity contribution in [3.63, 3.8) is 0 Å². The number of halogens is 1. The van der Waals surface area contributed by atoms with Crippen LogP contribution in [0.4, 0.5) is 11.5 Å². The molecule has 0 spiro atoms. The fourth-order valence-corrected chi connectivity index (χ4v) is 3.93. The lowest BCUT2D eigenvalue weighted by Gasteiger charge is -2.20. The number of phenols is 1. The molecule has 2 aromatic carbocycles. The molecule has 4 nitrogen and oxygen atoms in total. The van der Waals surface area contributed by atoms with Crippen molar-refractivity contribution >= 4 is 44.7 Å². The SMILES string of the molecule is CN(c1ccc(O)cc1)c1nc(Cl)nc2scc(-c3ccccc3)c12. The number of hydrogen-bond donors (Lipinski definition) is 1. The number of rotatable bonds is 3. The summed E-state index contributed by atoms with van der Waals surface area (Å²) < 4.78 is 0. The molecule has 0 fully saturated rings. The number of anilines is 2. The summed E-state index contributed by atoms with van der Waals surface area (Å²) in [5.41, 5.74) is 3.09. The van der Waals surface area contributed by atoms with E-state index in [0.717, 1.165) is 32.8 Å². The van der Waals surface area contributed by atoms with E-state index in [9.17, 15) is 5.11 Å². The third kappa shape index (κ3) is 2.92. The van der Waals surface area contributed by atoms with Gasteiger partial charge in [-0.05, 0) is 41.4 Å². The van der Waals surface area contributed by atoms with Gasteiger partial charge in [-0.3, -0.25) is 0 Å². The number of aromatic nitrogens is 2. The first-order chi connectivity index (χ1) is 12.1. The first-order valence-corrected chi connectivity index (χ1v) is 8.92. The number of phenolic OH excluding ortho intramolecular Hbond substituents is 1. The Morgan fingerprint density at radius 1 is 1.00 bits per heavy atom. The van der Waals surface area contributed by atoms with E-state index < -0.39 is 0 Å². The monoisotopic (exact) mass is 367 g/mol. The van der Waals surface area contributed by atoms with E-state index in [1.807, 2.05) is 42.3 Å². The van der Waals surface area contributed by atoms with Gasteiger partial charge in [-0.25, -0.2) is 4.98 Å². The molecule has 4 rings (SSSR count). The van der Waals surface area contributed by atoms with Crippen molar-refractivity contribution in [3.8, 4) is 16.9 Å². The Bertz CT molecular complexity index is 1030. The molecule has 2 heterocycles. The van der Waals surface area contributed by atoms with Gasteiger partial charge in [0.25, 0.3) is 0 Å². The van der Waals surface area contributed by atoms with Crippen molar-refractivity contribution in [3.05, 3.63) is 65.3 Å². The first kappa shape index (κ1) is 15.9. The molecular formula is C19H14ClN3OS. The maximum atomic E-state index is 9.52. The summed E-state index contributed by atoms with van der Waals surface area (Å²) >= 11 is 7.70. The number of nitrogens with zero attached hydrogens (tertiary/aromatic N) is 3. The summed E-state index contributed by atoms with van der Waals surface area (Å²) in [6.07, 6.45) is 0. The summed E-state index contributed by atoms with van der Waals surface area (Å²) in [4.78, 5) is 11.7. The van der Waals surface area contributed by atoms with Crippen LogP contribution in [0, 0.1) is 0 Å². The number of hydrogen-bond acceptors (Lipinski definition) is 5. The van der Waals surface area contributed by atoms with Gasteiger partial charge in [-0.2, -0.15) is 4.98 Å². The molecule has 124 valence electrons. The molecule has 25 heavy (non-hydrogen) atoms. The van der Waals surface area contributed by atoms with Crippen LogP contribution in [0.15, 0.2) is 60.0 Å². The van der Waals surface area contributed by atoms with E-state index in [4.69, 9.17) is 11.6 Å². The zero-order valence-corrected chi connectivity index (χ0v) is 14.9. The van der Waals surface area contributed by atoms with Crippen LogP contribution in [0.1, 0.15) is 0 Å². The Labute approximate surface area is 154 Å². The maximum absolute atomic E-state index is 9.52. The van der Waals surface area contributed by atoms with Gasteiger partial charge in [0.2, 0.25) is 5.28 Å². The van der Waals surface area contributed by atoms with Crippen molar-refractivity contribution in [2.24, 2.45) is 0 Å². The Morgan fingerprint density at radius 3 is 2.44 bits per heavy atom. The third-order valence-corrected chi connectivity index (χ3v) is 5.07. The highest BCUT2D eigenvalue weighted by atomic mass is 35.5. The second-order valence-corrected chi connectivity index (χ2v) is 6.78. The zero-order valence-electron chi connectivity index (χ0n) is 13.3. The number of thiophene rings is 1. The van der Waals surface area contributed by atoms with Gasteiger partial charge in [0, 0.05) is 23.7 Å². The zero-order chi connectivity index (χ0) is 17.4. The van der Waals surface area contributed by atoms with Gasteiger partial charge in [-0.15, -0.1) is 11.3 Å². The Balaban J connectivity index is 1.93. The van der Waals surface area contributed by atoms with Gasteiger partial charge in [-0.1, -0.05) is 30.3 Å². The lowest BCUT2D eigenvalue weighted by Crippen LogP contribution is -2.12. The molecular weight excluding hydrogens is 354 g/mol. The standard InChI is InChI=1S/C19H14ClN3OS/c1-23(13-7-9-14(24)10-8-13)17-16-15(12-5-3-2-4-6-12)11-25-18(16)22-19(20)21-17/h2-11,24H,1H3. The number of benzene rings is 2. The molecule has 0 radical (unpaired) electrons. The summed E-state index contributed by atoms with van der Waals surface area (Å²) in [6, 6.07) is 17.1. The van der Waals surface area contributed by atoms with Crippen LogP contribution in [-0.2, 0) is 0 Å². The minimum absolute atomic E-state index is 0.217. The van der Waals surface area contributed by atoms with Gasteiger partial charge in [0.05, 0.1) is 5.39 Å². The van der Waals surface area contributed by atoms with Gasteiger partial charge >= 0.3 is 0 Å². The molecule has 0 saturated heterocycles. The summed E-state index contributed by atoms with van der Waals surface area (Å²) in [6.45, 7) is 0. The smallest absolute Gasteiger partial charge is 0.225 e. The molecule has 0 saturated carbocycles. The highest BCUT2D eigenvalue weighted by Gasteiger charge is 2.18. The maximum Gasteiger partial charge on any atom is 0.225 e. The lowest BCUT2D eigenvalue weighted by atomic mass is 10.1. The van der Waals surface area contributed by atoms with Crippen molar-refractivity contribution < 1.29 is 5.11 Å². The van der Waals surface area contributed by atoms with E-state index in [0.29, 0.717) is 0 Å². The Kier molecular flexibility index (Phi) is 4.03. The van der Waals surface area contributed by atoms with Crippen LogP contribution in [-0.4, -0.2) is 22.1 Å². The van der Waals surface area contributed by atoms with Crippen molar-refractivity contribution in [2.45, 2.75) is 0 Å². The Morgan fingerprint density at radius 2 is 1.72 bits per heavy atom. The van der Waals surface area contributed by atoms with E-state index >= 15 is 0 Å². The van der Waals surface area contributed by atoms with Crippen LogP contribution >= 0.6 is 22.9 Å². The van der Waals surface area contributed by atoms with Crippen LogP contribution in [0.25, 0.3) is 21.3 Å². The lowest BCUT2D eigenvalue weighted by molar-refractivity contribution is 0.475. The molecule has 0 aliphatic heterocycles.